The molecule has 250 valence electrons. The molecule has 1 unspecified atom stereocenters. The maximum atomic E-state index is 6.02. The number of aromatic nitrogens is 2. The molecule has 1 atom stereocenters. The average molecular weight is 671 g/mol. The first kappa shape index (κ1) is 29.8. The third-order valence-corrected chi connectivity index (χ3v) is 12.2. The number of rotatable bonds is 4. The third kappa shape index (κ3) is 4.06. The maximum Gasteiger partial charge on any atom is 0.261 e. The van der Waals surface area contributed by atoms with E-state index in [-0.39, 0.29) is 5.41 Å². The van der Waals surface area contributed by atoms with E-state index >= 15 is 0 Å². The molecule has 4 heteroatoms. The van der Waals surface area contributed by atoms with Crippen molar-refractivity contribution in [1.29, 1.82) is 0 Å². The van der Waals surface area contributed by atoms with Gasteiger partial charge in [0.15, 0.2) is 0 Å². The van der Waals surface area contributed by atoms with E-state index in [2.05, 4.69) is 152 Å². The fourth-order valence-electron chi connectivity index (χ4n) is 9.57. The van der Waals surface area contributed by atoms with E-state index in [0.717, 1.165) is 87.5 Å². The van der Waals surface area contributed by atoms with E-state index in [1.807, 2.05) is 0 Å². The number of benzene rings is 6. The predicted octanol–water partition coefficient (Wildman–Crippen LogP) is 10.1. The van der Waals surface area contributed by atoms with Gasteiger partial charge in [-0.3, -0.25) is 4.57 Å². The topological polar surface area (TPSA) is 42.5 Å². The quantitative estimate of drug-likeness (QED) is 0.172. The Balaban J connectivity index is 1.40. The van der Waals surface area contributed by atoms with Crippen LogP contribution >= 0.6 is 0 Å². The van der Waals surface area contributed by atoms with E-state index < -0.39 is 5.79 Å². The number of nitrogens with zero attached hydrogens (tertiary/aromatic N) is 4. The molecule has 0 radical (unpaired) electrons. The van der Waals surface area contributed by atoms with Gasteiger partial charge in [-0.05, 0) is 60.1 Å². The molecule has 4 heterocycles. The molecule has 12 rings (SSSR count). The molecule has 52 heavy (non-hydrogen) atoms. The Hall–Kier alpha value is -5.87. The molecule has 2 aliphatic carbocycles. The lowest BCUT2D eigenvalue weighted by Gasteiger charge is -2.32. The fourth-order valence-corrected chi connectivity index (χ4v) is 9.57. The predicted molar refractivity (Wildman–Crippen MR) is 210 cm³/mol. The number of fused-ring (bicyclic) bond motifs is 7. The zero-order valence-electron chi connectivity index (χ0n) is 29.5. The Kier molecular flexibility index (Phi) is 6.20. The Bertz CT molecular complexity index is 2770. The van der Waals surface area contributed by atoms with Crippen molar-refractivity contribution >= 4 is 27.1 Å². The van der Waals surface area contributed by atoms with Gasteiger partial charge in [0.2, 0.25) is 0 Å². The SMILES string of the molecule is CCC1=C2C=C3CC3(C1)Cc1ccc(CC)c(c1)C1(N=c3c(c4ccccc4c4ccccc34)=N1)n1c2nc(-c2ccccc2)c1-c1ccccc1. The second-order valence-electron chi connectivity index (χ2n) is 15.0. The van der Waals surface area contributed by atoms with Crippen LogP contribution in [0.25, 0.3) is 49.6 Å². The number of allylic oxidation sites excluding steroid dienone is 4. The van der Waals surface area contributed by atoms with E-state index in [1.54, 1.807) is 5.57 Å². The van der Waals surface area contributed by atoms with Gasteiger partial charge in [0.05, 0.1) is 22.1 Å². The third-order valence-electron chi connectivity index (χ3n) is 12.2. The highest BCUT2D eigenvalue weighted by Crippen LogP contribution is 2.63. The fraction of sp³-hybridized carbons (Fsp3) is 0.188. The smallest absolute Gasteiger partial charge is 0.261 e. The van der Waals surface area contributed by atoms with Crippen molar-refractivity contribution < 1.29 is 0 Å². The van der Waals surface area contributed by atoms with Crippen molar-refractivity contribution in [3.8, 4) is 22.5 Å². The van der Waals surface area contributed by atoms with Crippen molar-refractivity contribution in [1.82, 2.24) is 9.55 Å². The van der Waals surface area contributed by atoms with Crippen LogP contribution in [0, 0.1) is 5.41 Å². The molecule has 4 bridgehead atoms. The summed E-state index contributed by atoms with van der Waals surface area (Å²) < 4.78 is 2.45. The summed E-state index contributed by atoms with van der Waals surface area (Å²) in [4.78, 5) is 17.8. The number of hydrogen-bond donors (Lipinski definition) is 0. The summed E-state index contributed by atoms with van der Waals surface area (Å²) in [5.74, 6) is -0.197. The average Bonchev–Trinajstić information content (AvgIpc) is 3.52. The molecule has 4 nitrogen and oxygen atoms in total. The van der Waals surface area contributed by atoms with Gasteiger partial charge >= 0.3 is 0 Å². The van der Waals surface area contributed by atoms with Gasteiger partial charge in [0.25, 0.3) is 5.79 Å². The lowest BCUT2D eigenvalue weighted by molar-refractivity contribution is 0.385. The van der Waals surface area contributed by atoms with Crippen molar-refractivity contribution in [2.45, 2.75) is 51.7 Å². The summed E-state index contributed by atoms with van der Waals surface area (Å²) in [6, 6.07) is 46.1. The number of aryl methyl sites for hydroxylation is 1. The maximum absolute atomic E-state index is 6.02. The zero-order chi connectivity index (χ0) is 34.6. The normalized spacial score (nSPS) is 19.1. The van der Waals surface area contributed by atoms with Crippen molar-refractivity contribution in [2.75, 3.05) is 0 Å². The Labute approximate surface area is 303 Å². The van der Waals surface area contributed by atoms with E-state index in [0.29, 0.717) is 0 Å². The van der Waals surface area contributed by atoms with Crippen LogP contribution < -0.4 is 10.7 Å². The summed E-state index contributed by atoms with van der Waals surface area (Å²) in [6.45, 7) is 4.58. The Morgan fingerprint density at radius 3 is 1.87 bits per heavy atom. The Morgan fingerprint density at radius 2 is 1.23 bits per heavy atom. The highest BCUT2D eigenvalue weighted by atomic mass is 15.4. The molecule has 1 fully saturated rings. The molecule has 0 saturated heterocycles. The lowest BCUT2D eigenvalue weighted by Crippen LogP contribution is -2.34. The molecule has 6 aromatic carbocycles. The first-order valence-electron chi connectivity index (χ1n) is 18.8. The van der Waals surface area contributed by atoms with Crippen LogP contribution in [-0.2, 0) is 18.6 Å². The lowest BCUT2D eigenvalue weighted by atomic mass is 9.82. The van der Waals surface area contributed by atoms with E-state index in [1.165, 1.54) is 33.0 Å². The van der Waals surface area contributed by atoms with Gasteiger partial charge in [-0.2, -0.15) is 0 Å². The summed E-state index contributed by atoms with van der Waals surface area (Å²) in [5, 5.41) is 6.56. The second kappa shape index (κ2) is 10.8. The molecule has 2 spiro atoms. The van der Waals surface area contributed by atoms with Gasteiger partial charge in [-0.1, -0.05) is 152 Å². The molecular weight excluding hydrogens is 633 g/mol. The summed E-state index contributed by atoms with van der Waals surface area (Å²) >= 11 is 0. The summed E-state index contributed by atoms with van der Waals surface area (Å²) in [7, 11) is 0. The molecule has 3 aliphatic heterocycles. The van der Waals surface area contributed by atoms with Crippen LogP contribution in [-0.4, -0.2) is 9.55 Å². The minimum atomic E-state index is -1.15. The number of imidazole rings is 1. The summed E-state index contributed by atoms with van der Waals surface area (Å²) in [6.07, 6.45) is 7.59. The van der Waals surface area contributed by atoms with Crippen LogP contribution in [0.3, 0.4) is 0 Å². The molecule has 0 N–H and O–H groups in total. The molecule has 0 amide bonds. The minimum Gasteiger partial charge on any atom is -0.275 e. The highest BCUT2D eigenvalue weighted by Gasteiger charge is 2.53. The van der Waals surface area contributed by atoms with Gasteiger partial charge in [-0.25, -0.2) is 15.0 Å². The first-order valence-corrected chi connectivity index (χ1v) is 18.8. The molecule has 1 aromatic heterocycles. The molecular formula is C48H38N4. The first-order chi connectivity index (χ1) is 25.6. The van der Waals surface area contributed by atoms with Gasteiger partial charge in [0, 0.05) is 38.5 Å². The summed E-state index contributed by atoms with van der Waals surface area (Å²) in [5.41, 5.74) is 12.4. The van der Waals surface area contributed by atoms with Crippen LogP contribution in [0.5, 0.6) is 0 Å². The molecule has 7 aromatic rings. The van der Waals surface area contributed by atoms with E-state index in [9.17, 15) is 0 Å². The van der Waals surface area contributed by atoms with Crippen molar-refractivity contribution in [3.05, 3.63) is 178 Å². The molecule has 5 aliphatic rings. The standard InChI is InChI=1S/C48H38N4/c1-3-31-24-23-30-25-41(31)48(50-43-38-21-13-11-19-36(38)37-20-12-14-22-39(37)44(43)51-48)52-45(34-17-9-6-10-18-34)42(33-15-7-5-8-16-33)49-46(52)40-26-35-29-47(35,27-30)28-32(40)4-2/h5-26H,3-4,27-29H2,1-2H3. The number of hydrogen-bond acceptors (Lipinski definition) is 3. The van der Waals surface area contributed by atoms with Crippen LogP contribution in [0.2, 0.25) is 0 Å². The van der Waals surface area contributed by atoms with Crippen LogP contribution in [0.15, 0.2) is 155 Å². The molecule has 1 saturated carbocycles. The largest absolute Gasteiger partial charge is 0.275 e. The van der Waals surface area contributed by atoms with Gasteiger partial charge < -0.3 is 0 Å². The second-order valence-corrected chi connectivity index (χ2v) is 15.0. The Morgan fingerprint density at radius 1 is 0.615 bits per heavy atom. The van der Waals surface area contributed by atoms with Gasteiger partial charge in [0.1, 0.15) is 5.82 Å². The minimum absolute atomic E-state index is 0.193. The zero-order valence-corrected chi connectivity index (χ0v) is 29.5. The monoisotopic (exact) mass is 670 g/mol. The van der Waals surface area contributed by atoms with E-state index in [4.69, 9.17) is 15.0 Å². The highest BCUT2D eigenvalue weighted by molar-refractivity contribution is 6.07. The van der Waals surface area contributed by atoms with Crippen molar-refractivity contribution in [3.63, 3.8) is 0 Å². The van der Waals surface area contributed by atoms with Gasteiger partial charge in [-0.15, -0.1) is 0 Å². The van der Waals surface area contributed by atoms with Crippen molar-refractivity contribution in [2.24, 2.45) is 15.4 Å². The van der Waals surface area contributed by atoms with Crippen LogP contribution in [0.4, 0.5) is 0 Å². The van der Waals surface area contributed by atoms with Crippen LogP contribution in [0.1, 0.15) is 55.6 Å².